The van der Waals surface area contributed by atoms with Gasteiger partial charge in [0.05, 0.1) is 5.02 Å². The quantitative estimate of drug-likeness (QED) is 0.887. The van der Waals surface area contributed by atoms with E-state index in [2.05, 4.69) is 19.1 Å². The number of halogens is 2. The lowest BCUT2D eigenvalue weighted by Gasteiger charge is -2.14. The maximum absolute atomic E-state index is 13.4. The average molecular weight is 278 g/mol. The standard InChI is InChI=1S/C16H17ClFN/c1-2-11-6-8-12(9-7-11)15(19)10-13-4-3-5-14(18)16(13)17/h3-9,15H,2,10,19H2,1H3. The van der Waals surface area contributed by atoms with Crippen molar-refractivity contribution in [3.8, 4) is 0 Å². The molecule has 0 aliphatic carbocycles. The highest BCUT2D eigenvalue weighted by Crippen LogP contribution is 2.24. The maximum atomic E-state index is 13.4. The summed E-state index contributed by atoms with van der Waals surface area (Å²) in [5.74, 6) is -0.396. The zero-order valence-electron chi connectivity index (χ0n) is 10.9. The van der Waals surface area contributed by atoms with Crippen molar-refractivity contribution >= 4 is 11.6 Å². The maximum Gasteiger partial charge on any atom is 0.142 e. The highest BCUT2D eigenvalue weighted by atomic mass is 35.5. The molecule has 0 saturated heterocycles. The predicted octanol–water partition coefficient (Wildman–Crippen LogP) is 4.28. The van der Waals surface area contributed by atoms with Gasteiger partial charge in [-0.05, 0) is 35.6 Å². The molecule has 19 heavy (non-hydrogen) atoms. The van der Waals surface area contributed by atoms with Crippen molar-refractivity contribution < 1.29 is 4.39 Å². The van der Waals surface area contributed by atoms with Crippen LogP contribution in [0, 0.1) is 5.82 Å². The van der Waals surface area contributed by atoms with Crippen molar-refractivity contribution in [2.75, 3.05) is 0 Å². The van der Waals surface area contributed by atoms with Crippen molar-refractivity contribution in [2.45, 2.75) is 25.8 Å². The summed E-state index contributed by atoms with van der Waals surface area (Å²) in [4.78, 5) is 0. The van der Waals surface area contributed by atoms with Crippen LogP contribution in [0.4, 0.5) is 4.39 Å². The van der Waals surface area contributed by atoms with E-state index in [0.717, 1.165) is 17.5 Å². The lowest BCUT2D eigenvalue weighted by Crippen LogP contribution is -2.13. The summed E-state index contributed by atoms with van der Waals surface area (Å²) in [6, 6.07) is 12.8. The van der Waals surface area contributed by atoms with Crippen LogP contribution >= 0.6 is 11.6 Å². The van der Waals surface area contributed by atoms with E-state index >= 15 is 0 Å². The van der Waals surface area contributed by atoms with Gasteiger partial charge in [-0.2, -0.15) is 0 Å². The SMILES string of the molecule is CCc1ccc(C(N)Cc2cccc(F)c2Cl)cc1. The first kappa shape index (κ1) is 14.0. The Balaban J connectivity index is 2.15. The molecular formula is C16H17ClFN. The molecule has 2 rings (SSSR count). The van der Waals surface area contributed by atoms with E-state index in [9.17, 15) is 4.39 Å². The Morgan fingerprint density at radius 3 is 2.47 bits per heavy atom. The van der Waals surface area contributed by atoms with Crippen molar-refractivity contribution in [1.82, 2.24) is 0 Å². The third-order valence-corrected chi connectivity index (χ3v) is 3.71. The molecule has 0 bridgehead atoms. The van der Waals surface area contributed by atoms with Gasteiger partial charge in [0.25, 0.3) is 0 Å². The molecule has 0 aliphatic heterocycles. The van der Waals surface area contributed by atoms with Crippen molar-refractivity contribution in [1.29, 1.82) is 0 Å². The van der Waals surface area contributed by atoms with Gasteiger partial charge in [-0.15, -0.1) is 0 Å². The van der Waals surface area contributed by atoms with Crippen LogP contribution in [0.5, 0.6) is 0 Å². The number of nitrogens with two attached hydrogens (primary N) is 1. The molecule has 1 unspecified atom stereocenters. The molecule has 1 atom stereocenters. The molecule has 0 heterocycles. The second-order valence-corrected chi connectivity index (χ2v) is 5.00. The molecular weight excluding hydrogens is 261 g/mol. The zero-order valence-corrected chi connectivity index (χ0v) is 11.6. The molecule has 0 fully saturated rings. The van der Waals surface area contributed by atoms with Gasteiger partial charge in [0.15, 0.2) is 0 Å². The first-order valence-corrected chi connectivity index (χ1v) is 6.77. The van der Waals surface area contributed by atoms with Crippen LogP contribution in [-0.2, 0) is 12.8 Å². The van der Waals surface area contributed by atoms with Crippen LogP contribution in [0.15, 0.2) is 42.5 Å². The fourth-order valence-corrected chi connectivity index (χ4v) is 2.26. The van der Waals surface area contributed by atoms with E-state index in [4.69, 9.17) is 17.3 Å². The minimum absolute atomic E-state index is 0.170. The van der Waals surface area contributed by atoms with Gasteiger partial charge >= 0.3 is 0 Å². The van der Waals surface area contributed by atoms with Crippen molar-refractivity contribution in [3.05, 3.63) is 70.0 Å². The summed E-state index contributed by atoms with van der Waals surface area (Å²) in [7, 11) is 0. The van der Waals surface area contributed by atoms with Crippen molar-refractivity contribution in [3.63, 3.8) is 0 Å². The Morgan fingerprint density at radius 2 is 1.84 bits per heavy atom. The molecule has 2 aromatic rings. The molecule has 0 amide bonds. The van der Waals surface area contributed by atoms with E-state index in [0.29, 0.717) is 6.42 Å². The van der Waals surface area contributed by atoms with Crippen LogP contribution in [0.2, 0.25) is 5.02 Å². The second-order valence-electron chi connectivity index (χ2n) is 4.62. The zero-order chi connectivity index (χ0) is 13.8. The Kier molecular flexibility index (Phi) is 4.56. The molecule has 2 N–H and O–H groups in total. The first-order valence-electron chi connectivity index (χ1n) is 6.39. The summed E-state index contributed by atoms with van der Waals surface area (Å²) in [5.41, 5.74) is 9.22. The second kappa shape index (κ2) is 6.18. The van der Waals surface area contributed by atoms with E-state index < -0.39 is 5.82 Å². The van der Waals surface area contributed by atoms with Crippen LogP contribution < -0.4 is 5.73 Å². The molecule has 1 nitrogen and oxygen atoms in total. The summed E-state index contributed by atoms with van der Waals surface area (Å²) in [5, 5.41) is 0.170. The summed E-state index contributed by atoms with van der Waals surface area (Å²) in [6.07, 6.45) is 1.54. The normalized spacial score (nSPS) is 12.4. The van der Waals surface area contributed by atoms with Crippen LogP contribution in [0.25, 0.3) is 0 Å². The van der Waals surface area contributed by atoms with Gasteiger partial charge in [-0.1, -0.05) is 54.9 Å². The number of hydrogen-bond acceptors (Lipinski definition) is 1. The predicted molar refractivity (Wildman–Crippen MR) is 77.9 cm³/mol. The topological polar surface area (TPSA) is 26.0 Å². The highest BCUT2D eigenvalue weighted by Gasteiger charge is 2.11. The van der Waals surface area contributed by atoms with Gasteiger partial charge in [0.1, 0.15) is 5.82 Å². The summed E-state index contributed by atoms with van der Waals surface area (Å²) >= 11 is 5.94. The van der Waals surface area contributed by atoms with E-state index in [1.165, 1.54) is 11.6 Å². The lowest BCUT2D eigenvalue weighted by atomic mass is 9.98. The molecule has 0 radical (unpaired) electrons. The highest BCUT2D eigenvalue weighted by molar-refractivity contribution is 6.31. The molecule has 0 aliphatic rings. The Morgan fingerprint density at radius 1 is 1.16 bits per heavy atom. The Labute approximate surface area is 118 Å². The summed E-state index contributed by atoms with van der Waals surface area (Å²) < 4.78 is 13.4. The monoisotopic (exact) mass is 277 g/mol. The fraction of sp³-hybridized carbons (Fsp3) is 0.250. The number of hydrogen-bond donors (Lipinski definition) is 1. The smallest absolute Gasteiger partial charge is 0.142 e. The number of aryl methyl sites for hydroxylation is 1. The minimum Gasteiger partial charge on any atom is -0.324 e. The van der Waals surface area contributed by atoms with Crippen LogP contribution in [-0.4, -0.2) is 0 Å². The lowest BCUT2D eigenvalue weighted by molar-refractivity contribution is 0.622. The van der Waals surface area contributed by atoms with Gasteiger partial charge in [-0.3, -0.25) is 0 Å². The third-order valence-electron chi connectivity index (χ3n) is 3.29. The van der Waals surface area contributed by atoms with Crippen LogP contribution in [0.1, 0.15) is 29.7 Å². The largest absolute Gasteiger partial charge is 0.324 e. The van der Waals surface area contributed by atoms with E-state index in [1.54, 1.807) is 6.07 Å². The molecule has 3 heteroatoms. The van der Waals surface area contributed by atoms with Crippen molar-refractivity contribution in [2.24, 2.45) is 5.73 Å². The van der Waals surface area contributed by atoms with E-state index in [-0.39, 0.29) is 11.1 Å². The van der Waals surface area contributed by atoms with E-state index in [1.807, 2.05) is 18.2 Å². The Hall–Kier alpha value is -1.38. The summed E-state index contributed by atoms with van der Waals surface area (Å²) in [6.45, 7) is 2.11. The molecule has 0 saturated carbocycles. The van der Waals surface area contributed by atoms with Gasteiger partial charge in [0.2, 0.25) is 0 Å². The van der Waals surface area contributed by atoms with Crippen LogP contribution in [0.3, 0.4) is 0 Å². The molecule has 0 aromatic heterocycles. The number of benzene rings is 2. The minimum atomic E-state index is -0.396. The molecule has 2 aromatic carbocycles. The Bertz CT molecular complexity index is 551. The first-order chi connectivity index (χ1) is 9.11. The average Bonchev–Trinajstić information content (AvgIpc) is 2.44. The number of rotatable bonds is 4. The van der Waals surface area contributed by atoms with Gasteiger partial charge < -0.3 is 5.73 Å². The van der Waals surface area contributed by atoms with Gasteiger partial charge in [0, 0.05) is 6.04 Å². The molecule has 100 valence electrons. The fourth-order valence-electron chi connectivity index (χ4n) is 2.06. The van der Waals surface area contributed by atoms with Gasteiger partial charge in [-0.25, -0.2) is 4.39 Å². The molecule has 0 spiro atoms. The third kappa shape index (κ3) is 3.34.